The summed E-state index contributed by atoms with van der Waals surface area (Å²) in [7, 11) is 1.59. The number of aliphatic imine (C=N–C) groups is 1. The number of benzene rings is 1. The summed E-state index contributed by atoms with van der Waals surface area (Å²) in [5.41, 5.74) is 0.537. The molecule has 1 aromatic rings. The quantitative estimate of drug-likeness (QED) is 0.641. The first kappa shape index (κ1) is 18.3. The van der Waals surface area contributed by atoms with Gasteiger partial charge in [0.2, 0.25) is 0 Å². The number of hydrogen-bond donors (Lipinski definition) is 1. The molecule has 6 heteroatoms. The number of nitrogens with one attached hydrogen (secondary N) is 1. The van der Waals surface area contributed by atoms with Crippen molar-refractivity contribution >= 4 is 11.9 Å². The van der Waals surface area contributed by atoms with Crippen LogP contribution >= 0.6 is 0 Å². The van der Waals surface area contributed by atoms with E-state index in [0.717, 1.165) is 19.6 Å². The van der Waals surface area contributed by atoms with Crippen molar-refractivity contribution in [2.24, 2.45) is 4.99 Å². The van der Waals surface area contributed by atoms with Gasteiger partial charge in [-0.15, -0.1) is 0 Å². The molecule has 1 aliphatic heterocycles. The Morgan fingerprint density at radius 1 is 1.25 bits per heavy atom. The minimum Gasteiger partial charge on any atom is -0.497 e. The number of likely N-dealkylation sites (tertiary alicyclic amines) is 1. The van der Waals surface area contributed by atoms with E-state index in [1.165, 1.54) is 12.8 Å². The fourth-order valence-electron chi connectivity index (χ4n) is 2.54. The lowest BCUT2D eigenvalue weighted by molar-refractivity contribution is 0.0959. The van der Waals surface area contributed by atoms with Crippen molar-refractivity contribution in [1.29, 1.82) is 0 Å². The van der Waals surface area contributed by atoms with Crippen molar-refractivity contribution in [3.8, 4) is 5.75 Å². The van der Waals surface area contributed by atoms with Gasteiger partial charge in [0.15, 0.2) is 0 Å². The van der Waals surface area contributed by atoms with Crippen LogP contribution in [0.3, 0.4) is 0 Å². The monoisotopic (exact) mass is 333 g/mol. The summed E-state index contributed by atoms with van der Waals surface area (Å²) in [5, 5.41) is 2.76. The molecule has 6 nitrogen and oxygen atoms in total. The van der Waals surface area contributed by atoms with Crippen molar-refractivity contribution in [3.63, 3.8) is 0 Å². The molecule has 1 aliphatic rings. The number of hydrogen-bond acceptors (Lipinski definition) is 5. The highest BCUT2D eigenvalue weighted by Crippen LogP contribution is 2.11. The maximum atomic E-state index is 12.3. The number of carbonyl (C=O) groups excluding carboxylic acids is 1. The van der Waals surface area contributed by atoms with Gasteiger partial charge < -0.3 is 14.4 Å². The zero-order valence-corrected chi connectivity index (χ0v) is 14.7. The summed E-state index contributed by atoms with van der Waals surface area (Å²) in [6.45, 7) is 7.60. The largest absolute Gasteiger partial charge is 0.497 e. The van der Waals surface area contributed by atoms with E-state index in [9.17, 15) is 4.79 Å². The molecule has 1 heterocycles. The highest BCUT2D eigenvalue weighted by atomic mass is 16.5. The first-order valence-electron chi connectivity index (χ1n) is 8.47. The highest BCUT2D eigenvalue weighted by Gasteiger charge is 2.13. The molecule has 0 atom stereocenters. The van der Waals surface area contributed by atoms with Crippen molar-refractivity contribution in [1.82, 2.24) is 10.2 Å². The van der Waals surface area contributed by atoms with E-state index >= 15 is 0 Å². The van der Waals surface area contributed by atoms with Gasteiger partial charge in [-0.3, -0.25) is 10.1 Å². The molecule has 2 rings (SSSR count). The van der Waals surface area contributed by atoms with Crippen molar-refractivity contribution in [2.75, 3.05) is 33.3 Å². The summed E-state index contributed by atoms with van der Waals surface area (Å²) >= 11 is 0. The summed E-state index contributed by atoms with van der Waals surface area (Å²) in [5.74, 6) is 0.475. The lowest BCUT2D eigenvalue weighted by atomic mass is 10.2. The summed E-state index contributed by atoms with van der Waals surface area (Å²) in [6.07, 6.45) is 2.47. The van der Waals surface area contributed by atoms with Gasteiger partial charge in [-0.1, -0.05) is 0 Å². The van der Waals surface area contributed by atoms with Gasteiger partial charge in [-0.05, 0) is 64.0 Å². The minimum absolute atomic E-state index is 0.0493. The highest BCUT2D eigenvalue weighted by molar-refractivity contribution is 6.04. The number of nitrogens with zero attached hydrogens (tertiary/aromatic N) is 2. The maximum Gasteiger partial charge on any atom is 0.291 e. The van der Waals surface area contributed by atoms with Gasteiger partial charge in [0.05, 0.1) is 19.8 Å². The predicted molar refractivity (Wildman–Crippen MR) is 94.7 cm³/mol. The standard InChI is InChI=1S/C18H27N3O3/c1-14(2)24-18(19-10-13-21-11-4-5-12-21)20-17(22)15-6-8-16(23-3)9-7-15/h6-9,14H,4-5,10-13H2,1-3H3,(H,19,20,22). The summed E-state index contributed by atoms with van der Waals surface area (Å²) in [6, 6.07) is 7.21. The molecule has 24 heavy (non-hydrogen) atoms. The first-order chi connectivity index (χ1) is 11.6. The van der Waals surface area contributed by atoms with Crippen LogP contribution in [-0.4, -0.2) is 56.2 Å². The molecule has 0 spiro atoms. The topological polar surface area (TPSA) is 63.2 Å². The molecule has 1 saturated heterocycles. The average molecular weight is 333 g/mol. The number of ether oxygens (including phenoxy) is 2. The molecule has 0 aromatic heterocycles. The second-order valence-electron chi connectivity index (χ2n) is 6.08. The third kappa shape index (κ3) is 5.85. The Labute approximate surface area is 143 Å². The van der Waals surface area contributed by atoms with E-state index in [0.29, 0.717) is 17.9 Å². The Morgan fingerprint density at radius 3 is 2.50 bits per heavy atom. The Bertz CT molecular complexity index is 549. The molecule has 132 valence electrons. The van der Waals surface area contributed by atoms with E-state index in [-0.39, 0.29) is 18.0 Å². The molecular formula is C18H27N3O3. The zero-order valence-electron chi connectivity index (χ0n) is 14.7. The molecule has 1 N–H and O–H groups in total. The third-order valence-corrected chi connectivity index (χ3v) is 3.79. The first-order valence-corrected chi connectivity index (χ1v) is 8.47. The number of rotatable bonds is 6. The Balaban J connectivity index is 1.93. The second kappa shape index (κ2) is 9.27. The molecular weight excluding hydrogens is 306 g/mol. The van der Waals surface area contributed by atoms with Crippen molar-refractivity contribution < 1.29 is 14.3 Å². The van der Waals surface area contributed by atoms with Gasteiger partial charge in [-0.2, -0.15) is 0 Å². The van der Waals surface area contributed by atoms with E-state index in [1.54, 1.807) is 31.4 Å². The molecule has 0 bridgehead atoms. The fraction of sp³-hybridized carbons (Fsp3) is 0.556. The SMILES string of the molecule is COc1ccc(C(=O)NC(=NCCN2CCCC2)OC(C)C)cc1. The molecule has 0 radical (unpaired) electrons. The number of methoxy groups -OCH3 is 1. The Kier molecular flexibility index (Phi) is 7.06. The van der Waals surface area contributed by atoms with Crippen LogP contribution in [0.4, 0.5) is 0 Å². The van der Waals surface area contributed by atoms with Crippen LogP contribution in [0.5, 0.6) is 5.75 Å². The van der Waals surface area contributed by atoms with Crippen LogP contribution in [0.2, 0.25) is 0 Å². The fourth-order valence-corrected chi connectivity index (χ4v) is 2.54. The van der Waals surface area contributed by atoms with Crippen LogP contribution in [0, 0.1) is 0 Å². The van der Waals surface area contributed by atoms with Crippen LogP contribution in [0.25, 0.3) is 0 Å². The van der Waals surface area contributed by atoms with Gasteiger partial charge in [-0.25, -0.2) is 4.99 Å². The molecule has 0 saturated carbocycles. The predicted octanol–water partition coefficient (Wildman–Crippen LogP) is 2.30. The van der Waals surface area contributed by atoms with E-state index in [2.05, 4.69) is 15.2 Å². The lowest BCUT2D eigenvalue weighted by Gasteiger charge is -2.15. The van der Waals surface area contributed by atoms with E-state index in [4.69, 9.17) is 9.47 Å². The molecule has 1 amide bonds. The average Bonchev–Trinajstić information content (AvgIpc) is 3.07. The third-order valence-electron chi connectivity index (χ3n) is 3.79. The van der Waals surface area contributed by atoms with Crippen LogP contribution in [-0.2, 0) is 4.74 Å². The van der Waals surface area contributed by atoms with Gasteiger partial charge in [0.1, 0.15) is 5.75 Å². The summed E-state index contributed by atoms with van der Waals surface area (Å²) < 4.78 is 10.7. The smallest absolute Gasteiger partial charge is 0.291 e. The van der Waals surface area contributed by atoms with E-state index < -0.39 is 0 Å². The van der Waals surface area contributed by atoms with Gasteiger partial charge >= 0.3 is 0 Å². The normalized spacial score (nSPS) is 15.6. The van der Waals surface area contributed by atoms with Crippen molar-refractivity contribution in [3.05, 3.63) is 29.8 Å². The molecule has 1 aromatic carbocycles. The van der Waals surface area contributed by atoms with Crippen LogP contribution in [0.15, 0.2) is 29.3 Å². The number of amides is 1. The Hall–Kier alpha value is -2.08. The molecule has 1 fully saturated rings. The minimum atomic E-state index is -0.238. The second-order valence-corrected chi connectivity index (χ2v) is 6.08. The summed E-state index contributed by atoms with van der Waals surface area (Å²) in [4.78, 5) is 19.1. The zero-order chi connectivity index (χ0) is 17.4. The van der Waals surface area contributed by atoms with E-state index in [1.807, 2.05) is 13.8 Å². The molecule has 0 aliphatic carbocycles. The molecule has 0 unspecified atom stereocenters. The van der Waals surface area contributed by atoms with Gasteiger partial charge in [0, 0.05) is 12.1 Å². The lowest BCUT2D eigenvalue weighted by Crippen LogP contribution is -2.35. The van der Waals surface area contributed by atoms with Gasteiger partial charge in [0.25, 0.3) is 11.9 Å². The Morgan fingerprint density at radius 2 is 1.92 bits per heavy atom. The number of amidine groups is 1. The van der Waals surface area contributed by atoms with Crippen LogP contribution < -0.4 is 10.1 Å². The maximum absolute atomic E-state index is 12.3. The van der Waals surface area contributed by atoms with Crippen molar-refractivity contribution in [2.45, 2.75) is 32.8 Å². The number of carbonyl (C=O) groups is 1. The van der Waals surface area contributed by atoms with Crippen LogP contribution in [0.1, 0.15) is 37.0 Å².